The van der Waals surface area contributed by atoms with Gasteiger partial charge >= 0.3 is 0 Å². The van der Waals surface area contributed by atoms with Crippen LogP contribution in [0.1, 0.15) is 55.2 Å². The number of thiazole rings is 1. The first-order chi connectivity index (χ1) is 8.58. The first-order valence-electron chi connectivity index (χ1n) is 6.98. The zero-order chi connectivity index (χ0) is 13.1. The zero-order valence-electron chi connectivity index (χ0n) is 11.6. The standard InChI is InChI=1S/C14H24N2OS/c1-9(2)12(17)8-15-10(3)14-16-11-6-4-5-7-13(11)18-14/h9-10,12,15,17H,4-8H2,1-3H3. The van der Waals surface area contributed by atoms with Gasteiger partial charge in [-0.2, -0.15) is 0 Å². The third-order valence-electron chi connectivity index (χ3n) is 3.64. The van der Waals surface area contributed by atoms with Crippen LogP contribution in [0.25, 0.3) is 0 Å². The van der Waals surface area contributed by atoms with E-state index in [9.17, 15) is 5.11 Å². The molecular weight excluding hydrogens is 244 g/mol. The third-order valence-corrected chi connectivity index (χ3v) is 4.98. The molecule has 4 heteroatoms. The topological polar surface area (TPSA) is 45.1 Å². The van der Waals surface area contributed by atoms with E-state index < -0.39 is 0 Å². The van der Waals surface area contributed by atoms with Crippen LogP contribution < -0.4 is 5.32 Å². The van der Waals surface area contributed by atoms with Crippen molar-refractivity contribution in [3.05, 3.63) is 15.6 Å². The average Bonchev–Trinajstić information content (AvgIpc) is 2.79. The third kappa shape index (κ3) is 3.31. The van der Waals surface area contributed by atoms with Crippen LogP contribution in [0, 0.1) is 5.92 Å². The summed E-state index contributed by atoms with van der Waals surface area (Å²) in [4.78, 5) is 6.23. The fourth-order valence-corrected chi connectivity index (χ4v) is 3.36. The van der Waals surface area contributed by atoms with E-state index in [4.69, 9.17) is 4.98 Å². The van der Waals surface area contributed by atoms with Crippen LogP contribution in [-0.2, 0) is 12.8 Å². The molecule has 1 aromatic rings. The average molecular weight is 268 g/mol. The van der Waals surface area contributed by atoms with Crippen molar-refractivity contribution in [1.82, 2.24) is 10.3 Å². The van der Waals surface area contributed by atoms with Crippen molar-refractivity contribution in [2.75, 3.05) is 6.54 Å². The van der Waals surface area contributed by atoms with Crippen molar-refractivity contribution >= 4 is 11.3 Å². The van der Waals surface area contributed by atoms with E-state index in [0.29, 0.717) is 12.5 Å². The maximum absolute atomic E-state index is 9.80. The summed E-state index contributed by atoms with van der Waals surface area (Å²) in [7, 11) is 0. The predicted molar refractivity (Wildman–Crippen MR) is 76.0 cm³/mol. The molecule has 0 aliphatic heterocycles. The lowest BCUT2D eigenvalue weighted by Gasteiger charge is -2.18. The first-order valence-corrected chi connectivity index (χ1v) is 7.79. The lowest BCUT2D eigenvalue weighted by molar-refractivity contribution is 0.120. The Morgan fingerprint density at radius 1 is 1.28 bits per heavy atom. The molecule has 0 fully saturated rings. The molecule has 0 bridgehead atoms. The number of nitrogens with zero attached hydrogens (tertiary/aromatic N) is 1. The van der Waals surface area contributed by atoms with Gasteiger partial charge < -0.3 is 10.4 Å². The van der Waals surface area contributed by atoms with E-state index in [0.717, 1.165) is 6.42 Å². The number of fused-ring (bicyclic) bond motifs is 1. The maximum Gasteiger partial charge on any atom is 0.110 e. The highest BCUT2D eigenvalue weighted by molar-refractivity contribution is 7.11. The van der Waals surface area contributed by atoms with Gasteiger partial charge in [0.05, 0.1) is 17.8 Å². The number of nitrogens with one attached hydrogen (secondary N) is 1. The van der Waals surface area contributed by atoms with E-state index in [2.05, 4.69) is 12.2 Å². The molecule has 0 aromatic carbocycles. The van der Waals surface area contributed by atoms with Gasteiger partial charge in [-0.15, -0.1) is 11.3 Å². The molecular formula is C14H24N2OS. The van der Waals surface area contributed by atoms with Crippen molar-refractivity contribution in [3.63, 3.8) is 0 Å². The first kappa shape index (κ1) is 14.0. The fraction of sp³-hybridized carbons (Fsp3) is 0.786. The summed E-state index contributed by atoms with van der Waals surface area (Å²) in [6, 6.07) is 0.244. The molecule has 1 aliphatic carbocycles. The lowest BCUT2D eigenvalue weighted by Crippen LogP contribution is -2.32. The molecule has 1 aromatic heterocycles. The second kappa shape index (κ2) is 6.13. The van der Waals surface area contributed by atoms with Gasteiger partial charge in [0.2, 0.25) is 0 Å². The molecule has 0 spiro atoms. The summed E-state index contributed by atoms with van der Waals surface area (Å²) in [5.74, 6) is 0.300. The molecule has 18 heavy (non-hydrogen) atoms. The van der Waals surface area contributed by atoms with E-state index in [1.165, 1.54) is 34.8 Å². The number of aromatic nitrogens is 1. The van der Waals surface area contributed by atoms with Crippen molar-refractivity contribution in [1.29, 1.82) is 0 Å². The van der Waals surface area contributed by atoms with Crippen LogP contribution in [0.5, 0.6) is 0 Å². The molecule has 2 rings (SSSR count). The monoisotopic (exact) mass is 268 g/mol. The SMILES string of the molecule is CC(NCC(O)C(C)C)c1nc2c(s1)CCCC2. The Morgan fingerprint density at radius 2 is 2.00 bits per heavy atom. The van der Waals surface area contributed by atoms with E-state index in [1.54, 1.807) is 0 Å². The van der Waals surface area contributed by atoms with E-state index in [1.807, 2.05) is 25.2 Å². The zero-order valence-corrected chi connectivity index (χ0v) is 12.4. The second-order valence-corrected chi connectivity index (χ2v) is 6.69. The Balaban J connectivity index is 1.92. The van der Waals surface area contributed by atoms with Gasteiger partial charge in [-0.05, 0) is 38.5 Å². The summed E-state index contributed by atoms with van der Waals surface area (Å²) in [6.07, 6.45) is 4.66. The Bertz CT molecular complexity index is 366. The van der Waals surface area contributed by atoms with Crippen molar-refractivity contribution in [2.45, 2.75) is 58.6 Å². The number of rotatable bonds is 5. The smallest absolute Gasteiger partial charge is 0.110 e. The molecule has 2 unspecified atom stereocenters. The second-order valence-electron chi connectivity index (χ2n) is 5.57. The largest absolute Gasteiger partial charge is 0.392 e. The fourth-order valence-electron chi connectivity index (χ4n) is 2.18. The minimum atomic E-state index is -0.276. The van der Waals surface area contributed by atoms with Crippen LogP contribution in [0.3, 0.4) is 0 Å². The number of hydrogen-bond donors (Lipinski definition) is 2. The lowest BCUT2D eigenvalue weighted by atomic mass is 10.0. The van der Waals surface area contributed by atoms with Crippen molar-refractivity contribution in [3.8, 4) is 0 Å². The number of hydrogen-bond acceptors (Lipinski definition) is 4. The van der Waals surface area contributed by atoms with Gasteiger partial charge in [0.1, 0.15) is 5.01 Å². The van der Waals surface area contributed by atoms with Crippen LogP contribution in [0.2, 0.25) is 0 Å². The van der Waals surface area contributed by atoms with Crippen molar-refractivity contribution < 1.29 is 5.11 Å². The normalized spacial score (nSPS) is 18.7. The molecule has 3 nitrogen and oxygen atoms in total. The molecule has 0 saturated heterocycles. The summed E-state index contributed by atoms with van der Waals surface area (Å²) >= 11 is 1.85. The van der Waals surface area contributed by atoms with Crippen LogP contribution in [0.15, 0.2) is 0 Å². The van der Waals surface area contributed by atoms with Gasteiger partial charge in [0.25, 0.3) is 0 Å². The quantitative estimate of drug-likeness (QED) is 0.863. The molecule has 2 atom stereocenters. The molecule has 0 amide bonds. The van der Waals surface area contributed by atoms with E-state index >= 15 is 0 Å². The maximum atomic E-state index is 9.80. The highest BCUT2D eigenvalue weighted by Gasteiger charge is 2.19. The van der Waals surface area contributed by atoms with Gasteiger partial charge in [-0.1, -0.05) is 13.8 Å². The summed E-state index contributed by atoms with van der Waals surface area (Å²) < 4.78 is 0. The molecule has 2 N–H and O–H groups in total. The Kier molecular flexibility index (Phi) is 4.76. The number of aliphatic hydroxyl groups excluding tert-OH is 1. The van der Waals surface area contributed by atoms with E-state index in [-0.39, 0.29) is 12.1 Å². The number of aliphatic hydroxyl groups is 1. The minimum Gasteiger partial charge on any atom is -0.392 e. The Morgan fingerprint density at radius 3 is 2.67 bits per heavy atom. The molecule has 0 saturated carbocycles. The minimum absolute atomic E-state index is 0.244. The molecule has 102 valence electrons. The Labute approximate surface area is 114 Å². The summed E-state index contributed by atoms with van der Waals surface area (Å²) in [5, 5.41) is 14.4. The predicted octanol–water partition coefficient (Wildman–Crippen LogP) is 2.69. The van der Waals surface area contributed by atoms with Crippen LogP contribution in [-0.4, -0.2) is 22.7 Å². The molecule has 1 aliphatic rings. The molecule has 1 heterocycles. The number of aryl methyl sites for hydroxylation is 2. The Hall–Kier alpha value is -0.450. The van der Waals surface area contributed by atoms with Crippen LogP contribution >= 0.6 is 11.3 Å². The summed E-state index contributed by atoms with van der Waals surface area (Å²) in [5.41, 5.74) is 1.32. The van der Waals surface area contributed by atoms with Gasteiger partial charge in [-0.3, -0.25) is 0 Å². The van der Waals surface area contributed by atoms with Crippen LogP contribution in [0.4, 0.5) is 0 Å². The van der Waals surface area contributed by atoms with Gasteiger partial charge in [0, 0.05) is 11.4 Å². The van der Waals surface area contributed by atoms with Gasteiger partial charge in [0.15, 0.2) is 0 Å². The summed E-state index contributed by atoms with van der Waals surface area (Å²) in [6.45, 7) is 6.86. The van der Waals surface area contributed by atoms with Crippen molar-refractivity contribution in [2.24, 2.45) is 5.92 Å². The highest BCUT2D eigenvalue weighted by atomic mass is 32.1. The highest BCUT2D eigenvalue weighted by Crippen LogP contribution is 2.29. The molecule has 0 radical (unpaired) electrons. The van der Waals surface area contributed by atoms with Gasteiger partial charge in [-0.25, -0.2) is 4.98 Å².